The van der Waals surface area contributed by atoms with Crippen LogP contribution in [0.4, 0.5) is 0 Å². The van der Waals surface area contributed by atoms with Crippen molar-refractivity contribution in [2.45, 2.75) is 24.7 Å². The summed E-state index contributed by atoms with van der Waals surface area (Å²) in [6.07, 6.45) is 3.37. The molecule has 8 nitrogen and oxygen atoms in total. The fourth-order valence-corrected chi connectivity index (χ4v) is 5.70. The highest BCUT2D eigenvalue weighted by molar-refractivity contribution is 7.88. The van der Waals surface area contributed by atoms with Gasteiger partial charge in [-0.2, -0.15) is 16.3 Å². The average molecular weight is 409 g/mol. The minimum Gasteiger partial charge on any atom is -0.339 e. The Morgan fingerprint density at radius 3 is 2.74 bits per heavy atom. The van der Waals surface area contributed by atoms with E-state index in [-0.39, 0.29) is 17.2 Å². The largest absolute Gasteiger partial charge is 0.339 e. The van der Waals surface area contributed by atoms with Crippen molar-refractivity contribution in [3.05, 3.63) is 34.1 Å². The van der Waals surface area contributed by atoms with Gasteiger partial charge in [-0.15, -0.1) is 0 Å². The van der Waals surface area contributed by atoms with Crippen molar-refractivity contribution in [1.82, 2.24) is 19.3 Å². The van der Waals surface area contributed by atoms with Gasteiger partial charge in [-0.05, 0) is 24.3 Å². The number of likely N-dealkylation sites (tertiary alicyclic amines) is 1. The monoisotopic (exact) mass is 408 g/mol. The van der Waals surface area contributed by atoms with Crippen LogP contribution in [0.5, 0.6) is 0 Å². The Hall–Kier alpha value is -1.78. The summed E-state index contributed by atoms with van der Waals surface area (Å²) in [4.78, 5) is 18.9. The van der Waals surface area contributed by atoms with Crippen molar-refractivity contribution in [2.75, 3.05) is 32.4 Å². The quantitative estimate of drug-likeness (QED) is 0.761. The molecule has 5 rings (SSSR count). The normalized spacial score (nSPS) is 25.1. The van der Waals surface area contributed by atoms with Crippen molar-refractivity contribution in [2.24, 2.45) is 5.41 Å². The highest BCUT2D eigenvalue weighted by Gasteiger charge is 2.59. The number of aromatic nitrogens is 2. The third-order valence-electron chi connectivity index (χ3n) is 5.85. The fourth-order valence-electron chi connectivity index (χ4n) is 4.16. The lowest BCUT2D eigenvalue weighted by molar-refractivity contribution is 0.00136. The molecule has 1 saturated carbocycles. The van der Waals surface area contributed by atoms with Crippen LogP contribution in [0.1, 0.15) is 46.8 Å². The van der Waals surface area contributed by atoms with Crippen LogP contribution < -0.4 is 0 Å². The molecule has 3 aliphatic rings. The van der Waals surface area contributed by atoms with Gasteiger partial charge in [0.15, 0.2) is 5.82 Å². The maximum Gasteiger partial charge on any atom is 0.254 e. The predicted octanol–water partition coefficient (Wildman–Crippen LogP) is 1.51. The molecule has 2 aromatic heterocycles. The summed E-state index contributed by atoms with van der Waals surface area (Å²) < 4.78 is 31.3. The molecule has 27 heavy (non-hydrogen) atoms. The van der Waals surface area contributed by atoms with Gasteiger partial charge in [0.05, 0.1) is 17.7 Å². The summed E-state index contributed by atoms with van der Waals surface area (Å²) in [7, 11) is -3.33. The Kier molecular flexibility index (Phi) is 3.76. The predicted molar refractivity (Wildman–Crippen MR) is 98.1 cm³/mol. The molecule has 1 unspecified atom stereocenters. The van der Waals surface area contributed by atoms with Gasteiger partial charge in [-0.1, -0.05) is 5.16 Å². The van der Waals surface area contributed by atoms with Gasteiger partial charge in [-0.25, -0.2) is 12.7 Å². The van der Waals surface area contributed by atoms with Crippen molar-refractivity contribution in [3.8, 4) is 0 Å². The molecule has 144 valence electrons. The second-order valence-electron chi connectivity index (χ2n) is 7.91. The number of carbonyl (C=O) groups excluding carboxylic acids is 1. The van der Waals surface area contributed by atoms with E-state index in [0.29, 0.717) is 43.6 Å². The lowest BCUT2D eigenvalue weighted by atomic mass is 9.71. The summed E-state index contributed by atoms with van der Waals surface area (Å²) in [5.41, 5.74) is 0.320. The molecule has 10 heteroatoms. The summed E-state index contributed by atoms with van der Waals surface area (Å²) in [6.45, 7) is 1.70. The molecule has 0 N–H and O–H groups in total. The molecule has 1 atom stereocenters. The Morgan fingerprint density at radius 1 is 1.33 bits per heavy atom. The summed E-state index contributed by atoms with van der Waals surface area (Å²) in [6, 6.07) is 1.81. The topological polar surface area (TPSA) is 96.6 Å². The lowest BCUT2D eigenvalue weighted by Gasteiger charge is -2.50. The molecule has 2 aliphatic heterocycles. The van der Waals surface area contributed by atoms with Gasteiger partial charge in [0.2, 0.25) is 15.9 Å². The standard InChI is InChI=1S/C17H20N4O4S2/c1-27(23,24)21-6-13(15-18-14(19-25-15)11-2-3-11)17(10-21)8-20(9-17)16(22)12-4-5-26-7-12/h4-5,7,11,13H,2-3,6,8-10H2,1H3. The number of amides is 1. The van der Waals surface area contributed by atoms with Gasteiger partial charge >= 0.3 is 0 Å². The molecule has 1 aliphatic carbocycles. The van der Waals surface area contributed by atoms with Crippen LogP contribution in [0.15, 0.2) is 21.3 Å². The van der Waals surface area contributed by atoms with Crippen LogP contribution >= 0.6 is 11.3 Å². The Labute approximate surface area is 161 Å². The van der Waals surface area contributed by atoms with Crippen LogP contribution in [0.25, 0.3) is 0 Å². The van der Waals surface area contributed by atoms with E-state index < -0.39 is 10.0 Å². The third-order valence-corrected chi connectivity index (χ3v) is 7.75. The number of hydrogen-bond donors (Lipinski definition) is 0. The van der Waals surface area contributed by atoms with Crippen LogP contribution in [-0.2, 0) is 10.0 Å². The summed E-state index contributed by atoms with van der Waals surface area (Å²) >= 11 is 1.49. The third kappa shape index (κ3) is 2.90. The zero-order valence-corrected chi connectivity index (χ0v) is 16.5. The van der Waals surface area contributed by atoms with E-state index in [1.54, 1.807) is 4.90 Å². The zero-order chi connectivity index (χ0) is 18.8. The van der Waals surface area contributed by atoms with Gasteiger partial charge in [0.1, 0.15) is 0 Å². The number of sulfonamides is 1. The number of thiophene rings is 1. The second-order valence-corrected chi connectivity index (χ2v) is 10.7. The highest BCUT2D eigenvalue weighted by Crippen LogP contribution is 2.50. The number of hydrogen-bond acceptors (Lipinski definition) is 7. The van der Waals surface area contributed by atoms with E-state index in [1.165, 1.54) is 21.9 Å². The van der Waals surface area contributed by atoms with E-state index in [4.69, 9.17) is 4.52 Å². The number of nitrogens with zero attached hydrogens (tertiary/aromatic N) is 4. The fraction of sp³-hybridized carbons (Fsp3) is 0.588. The maximum absolute atomic E-state index is 12.6. The van der Waals surface area contributed by atoms with Gasteiger partial charge < -0.3 is 9.42 Å². The number of rotatable bonds is 4. The van der Waals surface area contributed by atoms with Crippen molar-refractivity contribution >= 4 is 27.3 Å². The molecular weight excluding hydrogens is 388 g/mol. The molecule has 0 aromatic carbocycles. The first-order chi connectivity index (χ1) is 12.9. The molecule has 0 bridgehead atoms. The SMILES string of the molecule is CS(=O)(=O)N1CC(c2nc(C3CC3)no2)C2(CN(C(=O)c3ccsc3)C2)C1. The molecular formula is C17H20N4O4S2. The summed E-state index contributed by atoms with van der Waals surface area (Å²) in [5.74, 6) is 1.42. The van der Waals surface area contributed by atoms with E-state index in [1.807, 2.05) is 16.8 Å². The molecule has 1 amide bonds. The first-order valence-corrected chi connectivity index (χ1v) is 11.7. The Balaban J connectivity index is 1.41. The van der Waals surface area contributed by atoms with E-state index in [0.717, 1.165) is 18.7 Å². The molecule has 0 radical (unpaired) electrons. The highest BCUT2D eigenvalue weighted by atomic mass is 32.2. The van der Waals surface area contributed by atoms with Crippen molar-refractivity contribution < 1.29 is 17.7 Å². The smallest absolute Gasteiger partial charge is 0.254 e. The minimum atomic E-state index is -3.33. The molecule has 1 spiro atoms. The Bertz CT molecular complexity index is 975. The first kappa shape index (κ1) is 17.3. The molecule has 4 heterocycles. The van der Waals surface area contributed by atoms with Crippen LogP contribution in [-0.4, -0.2) is 66.1 Å². The van der Waals surface area contributed by atoms with Crippen molar-refractivity contribution in [1.29, 1.82) is 0 Å². The van der Waals surface area contributed by atoms with E-state index in [2.05, 4.69) is 10.1 Å². The van der Waals surface area contributed by atoms with E-state index >= 15 is 0 Å². The van der Waals surface area contributed by atoms with Crippen molar-refractivity contribution in [3.63, 3.8) is 0 Å². The zero-order valence-electron chi connectivity index (χ0n) is 14.9. The maximum atomic E-state index is 12.6. The summed E-state index contributed by atoms with van der Waals surface area (Å²) in [5, 5.41) is 7.81. The molecule has 2 saturated heterocycles. The van der Waals surface area contributed by atoms with Gasteiger partial charge in [-0.3, -0.25) is 4.79 Å². The minimum absolute atomic E-state index is 0.0115. The van der Waals surface area contributed by atoms with Gasteiger partial charge in [0, 0.05) is 42.9 Å². The Morgan fingerprint density at radius 2 is 2.11 bits per heavy atom. The van der Waals surface area contributed by atoms with Crippen LogP contribution in [0.2, 0.25) is 0 Å². The average Bonchev–Trinajstić information content (AvgIpc) is 3.06. The van der Waals surface area contributed by atoms with Crippen LogP contribution in [0.3, 0.4) is 0 Å². The number of carbonyl (C=O) groups is 1. The lowest BCUT2D eigenvalue weighted by Crippen LogP contribution is -2.61. The second kappa shape index (κ2) is 5.86. The molecule has 2 aromatic rings. The molecule has 3 fully saturated rings. The van der Waals surface area contributed by atoms with Gasteiger partial charge in [0.25, 0.3) is 5.91 Å². The van der Waals surface area contributed by atoms with Crippen LogP contribution in [0, 0.1) is 5.41 Å². The van der Waals surface area contributed by atoms with E-state index in [9.17, 15) is 13.2 Å². The first-order valence-electron chi connectivity index (χ1n) is 8.96.